The predicted molar refractivity (Wildman–Crippen MR) is 87.9 cm³/mol. The van der Waals surface area contributed by atoms with Crippen molar-refractivity contribution in [3.05, 3.63) is 24.3 Å². The smallest absolute Gasteiger partial charge is 0.229 e. The van der Waals surface area contributed by atoms with Crippen LogP contribution in [0.4, 0.5) is 5.13 Å². The molecule has 1 aliphatic rings. The number of para-hydroxylation sites is 1. The molecule has 122 valence electrons. The number of carboxylic acids is 1. The van der Waals surface area contributed by atoms with Crippen LogP contribution in [0.2, 0.25) is 0 Å². The second-order valence-corrected chi connectivity index (χ2v) is 7.94. The third-order valence-electron chi connectivity index (χ3n) is 5.52. The van der Waals surface area contributed by atoms with Gasteiger partial charge in [-0.3, -0.25) is 4.79 Å². The van der Waals surface area contributed by atoms with Gasteiger partial charge in [-0.05, 0) is 30.4 Å². The van der Waals surface area contributed by atoms with E-state index in [1.54, 1.807) is 6.92 Å². The average Bonchev–Trinajstić information content (AvgIpc) is 2.98. The molecule has 6 heteroatoms. The largest absolute Gasteiger partial charge is 0.550 e. The monoisotopic (exact) mass is 331 g/mol. The number of amides is 1. The molecule has 0 saturated heterocycles. The minimum Gasteiger partial charge on any atom is -0.550 e. The zero-order valence-corrected chi connectivity index (χ0v) is 14.2. The summed E-state index contributed by atoms with van der Waals surface area (Å²) in [6.07, 6.45) is 0.981. The van der Waals surface area contributed by atoms with E-state index in [9.17, 15) is 14.7 Å². The van der Waals surface area contributed by atoms with E-state index >= 15 is 0 Å². The molecule has 1 saturated carbocycles. The Morgan fingerprint density at radius 1 is 1.30 bits per heavy atom. The lowest BCUT2D eigenvalue weighted by molar-refractivity contribution is -0.323. The van der Waals surface area contributed by atoms with E-state index in [1.165, 1.54) is 11.3 Å². The minimum absolute atomic E-state index is 0.168. The fourth-order valence-corrected chi connectivity index (χ4v) is 4.31. The summed E-state index contributed by atoms with van der Waals surface area (Å²) in [7, 11) is 0. The normalized spacial score (nSPS) is 26.3. The van der Waals surface area contributed by atoms with Crippen molar-refractivity contribution in [3.8, 4) is 0 Å². The Kier molecular flexibility index (Phi) is 3.67. The van der Waals surface area contributed by atoms with Gasteiger partial charge in [0.2, 0.25) is 5.91 Å². The van der Waals surface area contributed by atoms with Crippen LogP contribution in [0.1, 0.15) is 33.6 Å². The van der Waals surface area contributed by atoms with Crippen LogP contribution in [-0.4, -0.2) is 16.9 Å². The number of rotatable bonds is 3. The second-order valence-electron chi connectivity index (χ2n) is 6.91. The van der Waals surface area contributed by atoms with E-state index in [0.717, 1.165) is 10.2 Å². The molecule has 5 nitrogen and oxygen atoms in total. The zero-order chi connectivity index (χ0) is 16.8. The third-order valence-corrected chi connectivity index (χ3v) is 6.47. The first-order chi connectivity index (χ1) is 10.8. The van der Waals surface area contributed by atoms with Gasteiger partial charge < -0.3 is 15.2 Å². The van der Waals surface area contributed by atoms with Crippen molar-refractivity contribution in [1.82, 2.24) is 4.98 Å². The fraction of sp³-hybridized carbons (Fsp3) is 0.471. The summed E-state index contributed by atoms with van der Waals surface area (Å²) < 4.78 is 1.01. The van der Waals surface area contributed by atoms with Gasteiger partial charge in [-0.25, -0.2) is 4.98 Å². The molecule has 2 atom stereocenters. The minimum atomic E-state index is -1.09. The van der Waals surface area contributed by atoms with Crippen LogP contribution in [0.25, 0.3) is 10.2 Å². The average molecular weight is 331 g/mol. The van der Waals surface area contributed by atoms with Gasteiger partial charge in [0.25, 0.3) is 0 Å². The van der Waals surface area contributed by atoms with Crippen molar-refractivity contribution in [2.45, 2.75) is 33.6 Å². The van der Waals surface area contributed by atoms with Gasteiger partial charge in [0.05, 0.1) is 10.2 Å². The number of anilines is 1. The Hall–Kier alpha value is -1.95. The number of nitrogens with one attached hydrogen (secondary N) is 1. The van der Waals surface area contributed by atoms with Crippen LogP contribution >= 0.6 is 11.3 Å². The molecular formula is C17H19N2O3S-. The Balaban J connectivity index is 1.82. The lowest BCUT2D eigenvalue weighted by atomic mass is 9.65. The van der Waals surface area contributed by atoms with Crippen LogP contribution in [-0.2, 0) is 9.59 Å². The summed E-state index contributed by atoms with van der Waals surface area (Å²) in [5.41, 5.74) is -0.826. The molecule has 0 unspecified atom stereocenters. The fourth-order valence-electron chi connectivity index (χ4n) is 3.44. The maximum Gasteiger partial charge on any atom is 0.229 e. The summed E-state index contributed by atoms with van der Waals surface area (Å²) >= 11 is 1.42. The molecule has 1 fully saturated rings. The number of carbonyl (C=O) groups is 2. The predicted octanol–water partition coefficient (Wildman–Crippen LogP) is 2.43. The number of nitrogens with zero attached hydrogens (tertiary/aromatic N) is 1. The van der Waals surface area contributed by atoms with Gasteiger partial charge in [-0.15, -0.1) is 0 Å². The van der Waals surface area contributed by atoms with Gasteiger partial charge >= 0.3 is 0 Å². The number of carboxylic acid groups (broad SMARTS) is 1. The Bertz CT molecular complexity index is 750. The van der Waals surface area contributed by atoms with E-state index in [4.69, 9.17) is 0 Å². The highest BCUT2D eigenvalue weighted by molar-refractivity contribution is 7.22. The first-order valence-electron chi connectivity index (χ1n) is 7.63. The number of hydrogen-bond donors (Lipinski definition) is 1. The van der Waals surface area contributed by atoms with Gasteiger partial charge in [0.15, 0.2) is 5.13 Å². The molecule has 0 aliphatic heterocycles. The van der Waals surface area contributed by atoms with Crippen LogP contribution in [0, 0.1) is 16.7 Å². The maximum absolute atomic E-state index is 12.7. The van der Waals surface area contributed by atoms with Gasteiger partial charge in [-0.1, -0.05) is 44.2 Å². The quantitative estimate of drug-likeness (QED) is 0.936. The van der Waals surface area contributed by atoms with Crippen molar-refractivity contribution in [3.63, 3.8) is 0 Å². The number of benzene rings is 1. The third kappa shape index (κ3) is 2.41. The van der Waals surface area contributed by atoms with Gasteiger partial charge in [-0.2, -0.15) is 0 Å². The Morgan fingerprint density at radius 2 is 2.00 bits per heavy atom. The number of aromatic nitrogens is 1. The molecule has 1 N–H and O–H groups in total. The summed E-state index contributed by atoms with van der Waals surface area (Å²) in [5, 5.41) is 14.9. The summed E-state index contributed by atoms with van der Waals surface area (Å²) in [6, 6.07) is 7.68. The molecule has 1 aromatic carbocycles. The molecule has 23 heavy (non-hydrogen) atoms. The van der Waals surface area contributed by atoms with Crippen LogP contribution in [0.3, 0.4) is 0 Å². The maximum atomic E-state index is 12.7. The van der Waals surface area contributed by atoms with Gasteiger partial charge in [0.1, 0.15) is 0 Å². The molecule has 1 heterocycles. The van der Waals surface area contributed by atoms with E-state index in [0.29, 0.717) is 18.0 Å². The van der Waals surface area contributed by atoms with Crippen molar-refractivity contribution < 1.29 is 14.7 Å². The zero-order valence-electron chi connectivity index (χ0n) is 13.4. The van der Waals surface area contributed by atoms with E-state index in [-0.39, 0.29) is 11.8 Å². The van der Waals surface area contributed by atoms with E-state index in [2.05, 4.69) is 10.3 Å². The molecular weight excluding hydrogens is 312 g/mol. The van der Waals surface area contributed by atoms with Crippen LogP contribution in [0.15, 0.2) is 24.3 Å². The van der Waals surface area contributed by atoms with E-state index < -0.39 is 16.8 Å². The SMILES string of the molecule is CC1(C)[C@@H](C(=O)Nc2nc3ccccc3s2)CC[C@]1(C)C(=O)[O-]. The van der Waals surface area contributed by atoms with Crippen molar-refractivity contribution in [1.29, 1.82) is 0 Å². The number of fused-ring (bicyclic) bond motifs is 1. The molecule has 1 aromatic heterocycles. The lowest BCUT2D eigenvalue weighted by Crippen LogP contribution is -2.49. The second kappa shape index (κ2) is 5.30. The summed E-state index contributed by atoms with van der Waals surface area (Å²) in [5.74, 6) is -1.63. The summed E-state index contributed by atoms with van der Waals surface area (Å²) in [6.45, 7) is 5.34. The highest BCUT2D eigenvalue weighted by atomic mass is 32.1. The lowest BCUT2D eigenvalue weighted by Gasteiger charge is -2.41. The van der Waals surface area contributed by atoms with Crippen molar-refractivity contribution in [2.24, 2.45) is 16.7 Å². The highest BCUT2D eigenvalue weighted by Gasteiger charge is 2.54. The number of thiazole rings is 1. The topological polar surface area (TPSA) is 82.1 Å². The molecule has 0 spiro atoms. The molecule has 1 aliphatic carbocycles. The highest BCUT2D eigenvalue weighted by Crippen LogP contribution is 2.55. The Morgan fingerprint density at radius 3 is 2.61 bits per heavy atom. The number of aliphatic carboxylic acids is 1. The summed E-state index contributed by atoms with van der Waals surface area (Å²) in [4.78, 5) is 28.6. The Labute approximate surface area is 138 Å². The van der Waals surface area contributed by atoms with E-state index in [1.807, 2.05) is 38.1 Å². The molecule has 0 radical (unpaired) electrons. The van der Waals surface area contributed by atoms with Crippen molar-refractivity contribution in [2.75, 3.05) is 5.32 Å². The van der Waals surface area contributed by atoms with Crippen LogP contribution in [0.5, 0.6) is 0 Å². The molecule has 0 bridgehead atoms. The molecule has 2 aromatic rings. The van der Waals surface area contributed by atoms with Crippen molar-refractivity contribution >= 4 is 38.6 Å². The first-order valence-corrected chi connectivity index (χ1v) is 8.45. The molecule has 3 rings (SSSR count). The van der Waals surface area contributed by atoms with Crippen LogP contribution < -0.4 is 10.4 Å². The molecule has 1 amide bonds. The number of carbonyl (C=O) groups excluding carboxylic acids is 2. The standard InChI is InChI=1S/C17H20N2O3S/c1-16(2)10(8-9-17(16,3)14(21)22)13(20)19-15-18-11-6-4-5-7-12(11)23-15/h4-7,10H,8-9H2,1-3H3,(H,21,22)(H,18,19,20)/p-1/t10-,17-/m1/s1. The van der Waals surface area contributed by atoms with Gasteiger partial charge in [0, 0.05) is 17.3 Å². The number of hydrogen-bond acceptors (Lipinski definition) is 5. The first kappa shape index (κ1) is 15.9.